The van der Waals surface area contributed by atoms with Gasteiger partial charge in [-0.05, 0) is 0 Å². The summed E-state index contributed by atoms with van der Waals surface area (Å²) in [6, 6.07) is 2.61. The molecule has 0 saturated carbocycles. The average Bonchev–Trinajstić information content (AvgIpc) is 2.16. The summed E-state index contributed by atoms with van der Waals surface area (Å²) in [5, 5.41) is 8.59. The normalized spacial score (nSPS) is 9.31. The Balaban J connectivity index is 3.22. The fraction of sp³-hybridized carbons (Fsp3) is 0.125. The summed E-state index contributed by atoms with van der Waals surface area (Å²) < 4.78 is 4.79. The van der Waals surface area contributed by atoms with E-state index in [-0.39, 0.29) is 11.4 Å². The van der Waals surface area contributed by atoms with Crippen LogP contribution in [0.5, 0.6) is 5.75 Å². The summed E-state index contributed by atoms with van der Waals surface area (Å²) in [5.41, 5.74) is -0.168. The van der Waals surface area contributed by atoms with E-state index in [9.17, 15) is 9.59 Å². The van der Waals surface area contributed by atoms with Gasteiger partial charge in [-0.3, -0.25) is 4.79 Å². The van der Waals surface area contributed by atoms with Gasteiger partial charge < -0.3 is 9.84 Å². The Morgan fingerprint density at radius 1 is 1.62 bits per heavy atom. The van der Waals surface area contributed by atoms with E-state index in [1.165, 1.54) is 19.2 Å². The van der Waals surface area contributed by atoms with E-state index in [2.05, 4.69) is 4.98 Å². The maximum Gasteiger partial charge on any atom is 0.354 e. The molecule has 1 aromatic rings. The number of methoxy groups -OCH3 is 1. The van der Waals surface area contributed by atoms with E-state index in [1.54, 1.807) is 0 Å². The van der Waals surface area contributed by atoms with Crippen LogP contribution in [0.15, 0.2) is 12.1 Å². The molecule has 0 spiro atoms. The lowest BCUT2D eigenvalue weighted by atomic mass is 10.3. The number of carbonyl (C=O) groups is 2. The lowest BCUT2D eigenvalue weighted by Crippen LogP contribution is -2.03. The number of aromatic nitrogens is 1. The molecule has 68 valence electrons. The van der Waals surface area contributed by atoms with Gasteiger partial charge in [-0.2, -0.15) is 0 Å². The molecule has 1 N–H and O–H groups in total. The molecule has 5 nitrogen and oxygen atoms in total. The number of ether oxygens (including phenoxy) is 1. The number of carboxylic acids is 1. The lowest BCUT2D eigenvalue weighted by Gasteiger charge is -2.01. The first kappa shape index (κ1) is 9.18. The van der Waals surface area contributed by atoms with Gasteiger partial charge in [0.1, 0.15) is 11.4 Å². The molecular weight excluding hydrogens is 174 g/mol. The number of aldehydes is 1. The van der Waals surface area contributed by atoms with Crippen molar-refractivity contribution in [1.82, 2.24) is 4.98 Å². The summed E-state index contributed by atoms with van der Waals surface area (Å²) in [4.78, 5) is 24.4. The average molecular weight is 181 g/mol. The molecule has 0 bridgehead atoms. The van der Waals surface area contributed by atoms with Crippen LogP contribution in [0.25, 0.3) is 0 Å². The van der Waals surface area contributed by atoms with Crippen molar-refractivity contribution in [2.45, 2.75) is 0 Å². The van der Waals surface area contributed by atoms with Gasteiger partial charge in [-0.15, -0.1) is 0 Å². The lowest BCUT2D eigenvalue weighted by molar-refractivity contribution is 0.0690. The van der Waals surface area contributed by atoms with Crippen LogP contribution in [0.2, 0.25) is 0 Å². The van der Waals surface area contributed by atoms with Crippen LogP contribution in [0.3, 0.4) is 0 Å². The highest BCUT2D eigenvalue weighted by Gasteiger charge is 2.08. The minimum Gasteiger partial charge on any atom is -0.497 e. The maximum atomic E-state index is 10.5. The van der Waals surface area contributed by atoms with Crippen LogP contribution in [-0.4, -0.2) is 29.5 Å². The van der Waals surface area contributed by atoms with Crippen LogP contribution in [0.4, 0.5) is 0 Å². The molecule has 13 heavy (non-hydrogen) atoms. The highest BCUT2D eigenvalue weighted by molar-refractivity contribution is 5.87. The summed E-state index contributed by atoms with van der Waals surface area (Å²) in [6.45, 7) is 0. The predicted molar refractivity (Wildman–Crippen MR) is 43.1 cm³/mol. The minimum atomic E-state index is -1.19. The third-order valence-electron chi connectivity index (χ3n) is 1.39. The molecular formula is C8H7NO4. The summed E-state index contributed by atoms with van der Waals surface area (Å²) in [7, 11) is 1.38. The second kappa shape index (κ2) is 3.66. The standard InChI is InChI=1S/C8H7NO4/c1-13-6-2-5(4-10)9-7(3-6)8(11)12/h2-4H,1H3,(H,11,12). The van der Waals surface area contributed by atoms with Gasteiger partial charge in [-0.1, -0.05) is 0 Å². The molecule has 1 aromatic heterocycles. The van der Waals surface area contributed by atoms with Crippen molar-refractivity contribution in [1.29, 1.82) is 0 Å². The molecule has 0 radical (unpaired) electrons. The molecule has 0 unspecified atom stereocenters. The van der Waals surface area contributed by atoms with Crippen molar-refractivity contribution in [3.8, 4) is 5.75 Å². The summed E-state index contributed by atoms with van der Waals surface area (Å²) in [5.74, 6) is -0.892. The van der Waals surface area contributed by atoms with Gasteiger partial charge in [0, 0.05) is 12.1 Å². The molecule has 0 aliphatic rings. The van der Waals surface area contributed by atoms with E-state index in [4.69, 9.17) is 9.84 Å². The van der Waals surface area contributed by atoms with Crippen LogP contribution >= 0.6 is 0 Å². The molecule has 1 rings (SSSR count). The second-order valence-corrected chi connectivity index (χ2v) is 2.24. The number of hydrogen-bond donors (Lipinski definition) is 1. The number of aromatic carboxylic acids is 1. The Kier molecular flexibility index (Phi) is 2.59. The topological polar surface area (TPSA) is 76.5 Å². The first-order valence-electron chi connectivity index (χ1n) is 3.42. The van der Waals surface area contributed by atoms with E-state index in [0.717, 1.165) is 0 Å². The highest BCUT2D eigenvalue weighted by Crippen LogP contribution is 2.12. The Morgan fingerprint density at radius 2 is 2.31 bits per heavy atom. The van der Waals surface area contributed by atoms with Crippen molar-refractivity contribution >= 4 is 12.3 Å². The Hall–Kier alpha value is -1.91. The zero-order valence-electron chi connectivity index (χ0n) is 6.85. The number of carbonyl (C=O) groups excluding carboxylic acids is 1. The van der Waals surface area contributed by atoms with Gasteiger partial charge in [0.2, 0.25) is 0 Å². The number of hydrogen-bond acceptors (Lipinski definition) is 4. The number of rotatable bonds is 3. The molecule has 5 heteroatoms. The first-order valence-corrected chi connectivity index (χ1v) is 3.42. The second-order valence-electron chi connectivity index (χ2n) is 2.24. The van der Waals surface area contributed by atoms with Gasteiger partial charge in [-0.25, -0.2) is 9.78 Å². The SMILES string of the molecule is COc1cc(C=O)nc(C(=O)O)c1. The van der Waals surface area contributed by atoms with Gasteiger partial charge in [0.05, 0.1) is 7.11 Å². The smallest absolute Gasteiger partial charge is 0.354 e. The number of pyridine rings is 1. The van der Waals surface area contributed by atoms with Crippen LogP contribution < -0.4 is 4.74 Å². The van der Waals surface area contributed by atoms with Crippen LogP contribution in [0, 0.1) is 0 Å². The first-order chi connectivity index (χ1) is 6.17. The Bertz CT molecular complexity index is 348. The molecule has 0 amide bonds. The van der Waals surface area contributed by atoms with Crippen molar-refractivity contribution in [2.24, 2.45) is 0 Å². The van der Waals surface area contributed by atoms with E-state index in [1.807, 2.05) is 0 Å². The quantitative estimate of drug-likeness (QED) is 0.691. The van der Waals surface area contributed by atoms with Crippen molar-refractivity contribution in [2.75, 3.05) is 7.11 Å². The van der Waals surface area contributed by atoms with Crippen LogP contribution in [-0.2, 0) is 0 Å². The molecule has 0 fully saturated rings. The van der Waals surface area contributed by atoms with Crippen molar-refractivity contribution in [3.05, 3.63) is 23.5 Å². The monoisotopic (exact) mass is 181 g/mol. The van der Waals surface area contributed by atoms with Gasteiger partial charge >= 0.3 is 5.97 Å². The minimum absolute atomic E-state index is 0.0387. The molecule has 0 saturated heterocycles. The fourth-order valence-electron chi connectivity index (χ4n) is 0.814. The summed E-state index contributed by atoms with van der Waals surface area (Å²) in [6.07, 6.45) is 0.467. The molecule has 0 aliphatic heterocycles. The predicted octanol–water partition coefficient (Wildman–Crippen LogP) is 0.601. The molecule has 0 atom stereocenters. The Labute approximate surface area is 74.0 Å². The molecule has 1 heterocycles. The van der Waals surface area contributed by atoms with Crippen molar-refractivity contribution in [3.63, 3.8) is 0 Å². The number of nitrogens with zero attached hydrogens (tertiary/aromatic N) is 1. The zero-order valence-corrected chi connectivity index (χ0v) is 6.85. The van der Waals surface area contributed by atoms with Gasteiger partial charge in [0.25, 0.3) is 0 Å². The largest absolute Gasteiger partial charge is 0.497 e. The number of carboxylic acid groups (broad SMARTS) is 1. The van der Waals surface area contributed by atoms with E-state index in [0.29, 0.717) is 12.0 Å². The van der Waals surface area contributed by atoms with Crippen LogP contribution in [0.1, 0.15) is 21.0 Å². The van der Waals surface area contributed by atoms with E-state index >= 15 is 0 Å². The summed E-state index contributed by atoms with van der Waals surface area (Å²) >= 11 is 0. The highest BCUT2D eigenvalue weighted by atomic mass is 16.5. The third-order valence-corrected chi connectivity index (χ3v) is 1.39. The molecule has 0 aromatic carbocycles. The maximum absolute atomic E-state index is 10.5. The van der Waals surface area contributed by atoms with Gasteiger partial charge in [0.15, 0.2) is 12.0 Å². The van der Waals surface area contributed by atoms with E-state index < -0.39 is 5.97 Å². The third kappa shape index (κ3) is 2.02. The zero-order chi connectivity index (χ0) is 9.84. The molecule has 0 aliphatic carbocycles. The van der Waals surface area contributed by atoms with Crippen molar-refractivity contribution < 1.29 is 19.4 Å². The fourth-order valence-corrected chi connectivity index (χ4v) is 0.814. The Morgan fingerprint density at radius 3 is 2.77 bits per heavy atom.